The molecule has 1 aromatic rings. The van der Waals surface area contributed by atoms with Crippen LogP contribution in [0, 0.1) is 0 Å². The number of aryl methyl sites for hydroxylation is 1. The van der Waals surface area contributed by atoms with Gasteiger partial charge < -0.3 is 4.74 Å². The Morgan fingerprint density at radius 2 is 2.23 bits per heavy atom. The third kappa shape index (κ3) is 0.995. The molecule has 68 valence electrons. The highest BCUT2D eigenvalue weighted by Crippen LogP contribution is 2.50. The first-order valence-electron chi connectivity index (χ1n) is 5.13. The lowest BCUT2D eigenvalue weighted by Crippen LogP contribution is -2.13. The van der Waals surface area contributed by atoms with Gasteiger partial charge in [-0.2, -0.15) is 0 Å². The molecule has 1 spiro atoms. The van der Waals surface area contributed by atoms with Gasteiger partial charge in [0.25, 0.3) is 0 Å². The lowest BCUT2D eigenvalue weighted by molar-refractivity contribution is 0.211. The van der Waals surface area contributed by atoms with E-state index < -0.39 is 0 Å². The first kappa shape index (κ1) is 7.43. The molecule has 2 aliphatic rings. The van der Waals surface area contributed by atoms with E-state index in [0.29, 0.717) is 0 Å². The number of fused-ring (bicyclic) bond motifs is 1. The van der Waals surface area contributed by atoms with Crippen molar-refractivity contribution in [2.45, 2.75) is 38.2 Å². The number of ether oxygens (including phenoxy) is 1. The Morgan fingerprint density at radius 1 is 1.38 bits per heavy atom. The Bertz CT molecular complexity index is 350. The van der Waals surface area contributed by atoms with Gasteiger partial charge in [0.2, 0.25) is 0 Å². The van der Waals surface area contributed by atoms with E-state index in [9.17, 15) is 0 Å². The number of rotatable bonds is 1. The molecule has 1 saturated carbocycles. The summed E-state index contributed by atoms with van der Waals surface area (Å²) in [6.45, 7) is 2.22. The minimum atomic E-state index is 0.244. The van der Waals surface area contributed by atoms with Crippen molar-refractivity contribution < 1.29 is 4.74 Å². The molecular weight excluding hydrogens is 160 g/mol. The second-order valence-electron chi connectivity index (χ2n) is 4.21. The van der Waals surface area contributed by atoms with E-state index in [0.717, 1.165) is 18.6 Å². The maximum atomic E-state index is 5.95. The van der Waals surface area contributed by atoms with Crippen molar-refractivity contribution >= 4 is 0 Å². The molecular formula is C12H14O. The molecule has 0 bridgehead atoms. The largest absolute Gasteiger partial charge is 0.487 e. The Morgan fingerprint density at radius 3 is 2.92 bits per heavy atom. The van der Waals surface area contributed by atoms with Crippen molar-refractivity contribution in [2.75, 3.05) is 0 Å². The average Bonchev–Trinajstić information content (AvgIpc) is 2.78. The van der Waals surface area contributed by atoms with Gasteiger partial charge in [-0.25, -0.2) is 0 Å². The minimum absolute atomic E-state index is 0.244. The minimum Gasteiger partial charge on any atom is -0.487 e. The van der Waals surface area contributed by atoms with Gasteiger partial charge in [0, 0.05) is 12.0 Å². The second kappa shape index (κ2) is 2.28. The normalized spacial score (nSPS) is 21.3. The Kier molecular flexibility index (Phi) is 1.30. The summed E-state index contributed by atoms with van der Waals surface area (Å²) < 4.78 is 5.95. The zero-order valence-electron chi connectivity index (χ0n) is 7.97. The van der Waals surface area contributed by atoms with Gasteiger partial charge in [-0.3, -0.25) is 0 Å². The molecule has 0 N–H and O–H groups in total. The van der Waals surface area contributed by atoms with Crippen LogP contribution in [0.15, 0.2) is 18.2 Å². The van der Waals surface area contributed by atoms with Gasteiger partial charge in [-0.1, -0.05) is 19.1 Å². The van der Waals surface area contributed by atoms with Crippen molar-refractivity contribution in [3.05, 3.63) is 29.3 Å². The summed E-state index contributed by atoms with van der Waals surface area (Å²) in [6, 6.07) is 6.45. The maximum Gasteiger partial charge on any atom is 0.123 e. The molecule has 13 heavy (non-hydrogen) atoms. The van der Waals surface area contributed by atoms with Crippen molar-refractivity contribution in [1.29, 1.82) is 0 Å². The molecule has 0 radical (unpaired) electrons. The van der Waals surface area contributed by atoms with Gasteiger partial charge in [0.05, 0.1) is 0 Å². The predicted molar refractivity (Wildman–Crippen MR) is 52.1 cm³/mol. The van der Waals surface area contributed by atoms with Crippen molar-refractivity contribution in [3.8, 4) is 5.75 Å². The maximum absolute atomic E-state index is 5.95. The molecule has 1 nitrogen and oxygen atoms in total. The van der Waals surface area contributed by atoms with Gasteiger partial charge >= 0.3 is 0 Å². The fraction of sp³-hybridized carbons (Fsp3) is 0.500. The second-order valence-corrected chi connectivity index (χ2v) is 4.21. The fourth-order valence-corrected chi connectivity index (χ4v) is 2.25. The summed E-state index contributed by atoms with van der Waals surface area (Å²) in [5, 5.41) is 0. The molecule has 3 rings (SSSR count). The van der Waals surface area contributed by atoms with Gasteiger partial charge in [0.1, 0.15) is 11.4 Å². The molecule has 1 aliphatic heterocycles. The highest BCUT2D eigenvalue weighted by Gasteiger charge is 2.50. The third-order valence-electron chi connectivity index (χ3n) is 3.24. The van der Waals surface area contributed by atoms with E-state index in [-0.39, 0.29) is 5.60 Å². The number of hydrogen-bond donors (Lipinski definition) is 0. The quantitative estimate of drug-likeness (QED) is 0.636. The topological polar surface area (TPSA) is 9.23 Å². The summed E-state index contributed by atoms with van der Waals surface area (Å²) in [6.07, 6.45) is 4.80. The summed E-state index contributed by atoms with van der Waals surface area (Å²) in [4.78, 5) is 0. The summed E-state index contributed by atoms with van der Waals surface area (Å²) >= 11 is 0. The van der Waals surface area contributed by atoms with Crippen LogP contribution in [0.25, 0.3) is 0 Å². The van der Waals surface area contributed by atoms with Gasteiger partial charge in [0.15, 0.2) is 0 Å². The summed E-state index contributed by atoms with van der Waals surface area (Å²) in [5.74, 6) is 1.15. The first-order valence-corrected chi connectivity index (χ1v) is 5.13. The molecule has 1 aromatic carbocycles. The Hall–Kier alpha value is -0.980. The highest BCUT2D eigenvalue weighted by molar-refractivity contribution is 5.46. The molecule has 1 aliphatic carbocycles. The van der Waals surface area contributed by atoms with Crippen molar-refractivity contribution in [1.82, 2.24) is 0 Å². The van der Waals surface area contributed by atoms with Gasteiger partial charge in [-0.05, 0) is 30.9 Å². The standard InChI is InChI=1S/C12H14O/c1-2-9-4-3-5-11-10(9)8-12(13-11)6-7-12/h3-5H,2,6-8H2,1H3. The fourth-order valence-electron chi connectivity index (χ4n) is 2.25. The summed E-state index contributed by atoms with van der Waals surface area (Å²) in [5.41, 5.74) is 3.19. The van der Waals surface area contributed by atoms with Crippen LogP contribution in [0.5, 0.6) is 5.75 Å². The molecule has 0 amide bonds. The van der Waals surface area contributed by atoms with E-state index in [2.05, 4.69) is 25.1 Å². The molecule has 0 aromatic heterocycles. The number of hydrogen-bond acceptors (Lipinski definition) is 1. The Balaban J connectivity index is 2.07. The molecule has 1 heteroatoms. The van der Waals surface area contributed by atoms with Gasteiger partial charge in [-0.15, -0.1) is 0 Å². The number of benzene rings is 1. The smallest absolute Gasteiger partial charge is 0.123 e. The molecule has 0 atom stereocenters. The predicted octanol–water partition coefficient (Wildman–Crippen LogP) is 2.72. The van der Waals surface area contributed by atoms with Crippen LogP contribution in [-0.2, 0) is 12.8 Å². The van der Waals surface area contributed by atoms with E-state index in [4.69, 9.17) is 4.74 Å². The highest BCUT2D eigenvalue weighted by atomic mass is 16.5. The lowest BCUT2D eigenvalue weighted by Gasteiger charge is -2.05. The van der Waals surface area contributed by atoms with Crippen molar-refractivity contribution in [3.63, 3.8) is 0 Å². The van der Waals surface area contributed by atoms with Crippen LogP contribution < -0.4 is 4.74 Å². The zero-order chi connectivity index (χ0) is 8.89. The first-order chi connectivity index (χ1) is 6.33. The average molecular weight is 174 g/mol. The molecule has 0 unspecified atom stereocenters. The molecule has 1 heterocycles. The van der Waals surface area contributed by atoms with Crippen LogP contribution in [0.1, 0.15) is 30.9 Å². The molecule has 1 fully saturated rings. The van der Waals surface area contributed by atoms with Crippen LogP contribution in [0.4, 0.5) is 0 Å². The van der Waals surface area contributed by atoms with Crippen LogP contribution in [0.2, 0.25) is 0 Å². The zero-order valence-corrected chi connectivity index (χ0v) is 7.97. The Labute approximate surface area is 78.7 Å². The lowest BCUT2D eigenvalue weighted by atomic mass is 10.0. The molecule has 0 saturated heterocycles. The summed E-state index contributed by atoms with van der Waals surface area (Å²) in [7, 11) is 0. The van der Waals surface area contributed by atoms with E-state index in [1.165, 1.54) is 24.0 Å². The van der Waals surface area contributed by atoms with E-state index in [1.54, 1.807) is 0 Å². The van der Waals surface area contributed by atoms with E-state index >= 15 is 0 Å². The van der Waals surface area contributed by atoms with Crippen LogP contribution in [0.3, 0.4) is 0 Å². The van der Waals surface area contributed by atoms with Crippen LogP contribution >= 0.6 is 0 Å². The van der Waals surface area contributed by atoms with Crippen molar-refractivity contribution in [2.24, 2.45) is 0 Å². The van der Waals surface area contributed by atoms with E-state index in [1.807, 2.05) is 0 Å². The monoisotopic (exact) mass is 174 g/mol. The third-order valence-corrected chi connectivity index (χ3v) is 3.24. The SMILES string of the molecule is CCc1cccc2c1CC1(CC1)O2. The van der Waals surface area contributed by atoms with Crippen LogP contribution in [-0.4, -0.2) is 5.60 Å².